The molecule has 0 spiro atoms. The quantitative estimate of drug-likeness (QED) is 0.905. The van der Waals surface area contributed by atoms with Crippen LogP contribution in [0, 0.1) is 5.92 Å². The van der Waals surface area contributed by atoms with Gasteiger partial charge in [-0.25, -0.2) is 0 Å². The largest absolute Gasteiger partial charge is 0.349 e. The summed E-state index contributed by atoms with van der Waals surface area (Å²) in [7, 11) is 0. The lowest BCUT2D eigenvalue weighted by Gasteiger charge is -2.27. The zero-order valence-electron chi connectivity index (χ0n) is 14.1. The maximum Gasteiger partial charge on any atom is 0.223 e. The molecule has 1 amide bonds. The van der Waals surface area contributed by atoms with Gasteiger partial charge in [0.15, 0.2) is 0 Å². The van der Waals surface area contributed by atoms with Crippen LogP contribution in [0.15, 0.2) is 48.8 Å². The highest BCUT2D eigenvalue weighted by Crippen LogP contribution is 2.25. The summed E-state index contributed by atoms with van der Waals surface area (Å²) in [6.07, 6.45) is 7.43. The number of rotatable bonds is 4. The molecule has 0 bridgehead atoms. The number of amides is 1. The predicted molar refractivity (Wildman–Crippen MR) is 96.2 cm³/mol. The van der Waals surface area contributed by atoms with Crippen molar-refractivity contribution in [2.24, 2.45) is 11.7 Å². The van der Waals surface area contributed by atoms with Gasteiger partial charge in [0.25, 0.3) is 0 Å². The number of aromatic nitrogens is 1. The van der Waals surface area contributed by atoms with Crippen LogP contribution in [0.1, 0.15) is 44.2 Å². The first-order valence-electron chi connectivity index (χ1n) is 8.70. The number of nitrogens with zero attached hydrogens (tertiary/aromatic N) is 1. The molecule has 1 aliphatic carbocycles. The molecule has 1 fully saturated rings. The monoisotopic (exact) mass is 323 g/mol. The van der Waals surface area contributed by atoms with Crippen molar-refractivity contribution in [3.05, 3.63) is 54.4 Å². The molecule has 1 aromatic carbocycles. The van der Waals surface area contributed by atoms with Crippen molar-refractivity contribution >= 4 is 5.91 Å². The molecule has 1 saturated carbocycles. The number of nitrogens with two attached hydrogens (primary N) is 1. The first-order valence-corrected chi connectivity index (χ1v) is 8.70. The molecule has 3 N–H and O–H groups in total. The van der Waals surface area contributed by atoms with E-state index in [9.17, 15) is 4.79 Å². The minimum absolute atomic E-state index is 0.00198. The van der Waals surface area contributed by atoms with Gasteiger partial charge in [-0.15, -0.1) is 0 Å². The van der Waals surface area contributed by atoms with Crippen LogP contribution in [0.4, 0.5) is 0 Å². The van der Waals surface area contributed by atoms with E-state index < -0.39 is 0 Å². The van der Waals surface area contributed by atoms with Crippen LogP contribution in [-0.2, 0) is 4.79 Å². The molecule has 1 heterocycles. The van der Waals surface area contributed by atoms with Crippen LogP contribution < -0.4 is 11.1 Å². The van der Waals surface area contributed by atoms with Crippen molar-refractivity contribution in [1.29, 1.82) is 0 Å². The van der Waals surface area contributed by atoms with Crippen molar-refractivity contribution in [2.75, 3.05) is 0 Å². The molecule has 0 radical (unpaired) electrons. The summed E-state index contributed by atoms with van der Waals surface area (Å²) in [5.74, 6) is 0.197. The molecule has 4 nitrogen and oxygen atoms in total. The summed E-state index contributed by atoms with van der Waals surface area (Å²) < 4.78 is 0. The Morgan fingerprint density at radius 3 is 2.46 bits per heavy atom. The molecule has 24 heavy (non-hydrogen) atoms. The summed E-state index contributed by atoms with van der Waals surface area (Å²) in [6, 6.07) is 12.5. The zero-order valence-corrected chi connectivity index (χ0v) is 14.1. The molecular formula is C20H25N3O. The Bertz CT molecular complexity index is 669. The second-order valence-corrected chi connectivity index (χ2v) is 6.71. The number of carbonyl (C=O) groups is 1. The van der Waals surface area contributed by atoms with E-state index in [0.717, 1.165) is 42.4 Å². The van der Waals surface area contributed by atoms with Gasteiger partial charge in [0.1, 0.15) is 0 Å². The van der Waals surface area contributed by atoms with Crippen LogP contribution in [0.5, 0.6) is 0 Å². The number of hydrogen-bond acceptors (Lipinski definition) is 3. The molecule has 3 rings (SSSR count). The van der Waals surface area contributed by atoms with E-state index >= 15 is 0 Å². The minimum atomic E-state index is 0.00198. The molecule has 1 aliphatic rings. The molecule has 2 aromatic rings. The van der Waals surface area contributed by atoms with E-state index in [1.54, 1.807) is 12.4 Å². The summed E-state index contributed by atoms with van der Waals surface area (Å²) in [6.45, 7) is 2.03. The van der Waals surface area contributed by atoms with Gasteiger partial charge in [0.05, 0.1) is 6.04 Å². The van der Waals surface area contributed by atoms with Gasteiger partial charge < -0.3 is 11.1 Å². The van der Waals surface area contributed by atoms with Crippen LogP contribution >= 0.6 is 0 Å². The Kier molecular flexibility index (Phi) is 5.26. The second-order valence-electron chi connectivity index (χ2n) is 6.71. The van der Waals surface area contributed by atoms with Crippen LogP contribution in [0.3, 0.4) is 0 Å². The molecular weight excluding hydrogens is 298 g/mol. The molecule has 3 unspecified atom stereocenters. The topological polar surface area (TPSA) is 68.0 Å². The fourth-order valence-corrected chi connectivity index (χ4v) is 3.39. The Hall–Kier alpha value is -2.20. The smallest absolute Gasteiger partial charge is 0.223 e. The number of carbonyl (C=O) groups excluding carboxylic acids is 1. The predicted octanol–water partition coefficient (Wildman–Crippen LogP) is 3.44. The van der Waals surface area contributed by atoms with Crippen LogP contribution in [0.2, 0.25) is 0 Å². The number of benzene rings is 1. The van der Waals surface area contributed by atoms with E-state index in [4.69, 9.17) is 5.73 Å². The third-order valence-corrected chi connectivity index (χ3v) is 4.87. The van der Waals surface area contributed by atoms with Gasteiger partial charge in [-0.2, -0.15) is 0 Å². The normalized spacial score (nSPS) is 21.9. The van der Waals surface area contributed by atoms with Crippen molar-refractivity contribution in [3.63, 3.8) is 0 Å². The maximum atomic E-state index is 12.4. The highest BCUT2D eigenvalue weighted by atomic mass is 16.1. The Labute approximate surface area is 143 Å². The van der Waals surface area contributed by atoms with Crippen molar-refractivity contribution < 1.29 is 4.79 Å². The Balaban J connectivity index is 1.62. The van der Waals surface area contributed by atoms with Gasteiger partial charge in [0, 0.05) is 24.4 Å². The highest BCUT2D eigenvalue weighted by molar-refractivity contribution is 5.79. The SMILES string of the molecule is CC(NC(=O)C1CCCC(N)C1)c1ccc(-c2ccncc2)cc1. The Morgan fingerprint density at radius 2 is 1.79 bits per heavy atom. The Morgan fingerprint density at radius 1 is 1.12 bits per heavy atom. The van der Waals surface area contributed by atoms with Crippen molar-refractivity contribution in [2.45, 2.75) is 44.7 Å². The molecule has 0 aliphatic heterocycles. The number of pyridine rings is 1. The average Bonchev–Trinajstić information content (AvgIpc) is 2.62. The molecule has 3 atom stereocenters. The van der Waals surface area contributed by atoms with Gasteiger partial charge in [-0.3, -0.25) is 9.78 Å². The first-order chi connectivity index (χ1) is 11.6. The van der Waals surface area contributed by atoms with Gasteiger partial charge in [0.2, 0.25) is 5.91 Å². The number of nitrogens with one attached hydrogen (secondary N) is 1. The lowest BCUT2D eigenvalue weighted by atomic mass is 9.85. The zero-order chi connectivity index (χ0) is 16.9. The van der Waals surface area contributed by atoms with Crippen molar-refractivity contribution in [3.8, 4) is 11.1 Å². The lowest BCUT2D eigenvalue weighted by Crippen LogP contribution is -2.38. The fraction of sp³-hybridized carbons (Fsp3) is 0.400. The van der Waals surface area contributed by atoms with Crippen molar-refractivity contribution in [1.82, 2.24) is 10.3 Å². The third kappa shape index (κ3) is 4.01. The van der Waals surface area contributed by atoms with Gasteiger partial charge in [-0.1, -0.05) is 30.7 Å². The minimum Gasteiger partial charge on any atom is -0.349 e. The van der Waals surface area contributed by atoms with Crippen LogP contribution in [0.25, 0.3) is 11.1 Å². The van der Waals surface area contributed by atoms with E-state index in [2.05, 4.69) is 34.6 Å². The van der Waals surface area contributed by atoms with E-state index in [1.807, 2.05) is 19.1 Å². The van der Waals surface area contributed by atoms with Gasteiger partial charge >= 0.3 is 0 Å². The average molecular weight is 323 g/mol. The molecule has 126 valence electrons. The van der Waals surface area contributed by atoms with E-state index in [0.29, 0.717) is 0 Å². The molecule has 0 saturated heterocycles. The fourth-order valence-electron chi connectivity index (χ4n) is 3.39. The standard InChI is InChI=1S/C20H25N3O/c1-14(23-20(24)18-3-2-4-19(21)13-18)15-5-7-16(8-6-15)17-9-11-22-12-10-17/h5-12,14,18-19H,2-4,13,21H2,1H3,(H,23,24). The third-order valence-electron chi connectivity index (χ3n) is 4.87. The summed E-state index contributed by atoms with van der Waals surface area (Å²) in [5, 5.41) is 3.14. The number of hydrogen-bond donors (Lipinski definition) is 2. The summed E-state index contributed by atoms with van der Waals surface area (Å²) in [5.41, 5.74) is 9.40. The lowest BCUT2D eigenvalue weighted by molar-refractivity contribution is -0.126. The van der Waals surface area contributed by atoms with Crippen LogP contribution in [-0.4, -0.2) is 16.9 Å². The molecule has 1 aromatic heterocycles. The summed E-state index contributed by atoms with van der Waals surface area (Å²) >= 11 is 0. The summed E-state index contributed by atoms with van der Waals surface area (Å²) in [4.78, 5) is 16.5. The molecule has 4 heteroatoms. The second kappa shape index (κ2) is 7.58. The highest BCUT2D eigenvalue weighted by Gasteiger charge is 2.26. The maximum absolute atomic E-state index is 12.4. The van der Waals surface area contributed by atoms with Gasteiger partial charge in [-0.05, 0) is 55.0 Å². The van der Waals surface area contributed by atoms with E-state index in [-0.39, 0.29) is 23.9 Å². The van der Waals surface area contributed by atoms with E-state index in [1.165, 1.54) is 0 Å². The first kappa shape index (κ1) is 16.7.